The molecule has 12 heavy (non-hydrogen) atoms. The van der Waals surface area contributed by atoms with Crippen molar-refractivity contribution in [2.24, 2.45) is 0 Å². The van der Waals surface area contributed by atoms with Crippen molar-refractivity contribution in [2.75, 3.05) is 13.2 Å². The van der Waals surface area contributed by atoms with E-state index in [2.05, 4.69) is 4.74 Å². The Kier molecular flexibility index (Phi) is 2.54. The van der Waals surface area contributed by atoms with E-state index in [9.17, 15) is 9.90 Å². The van der Waals surface area contributed by atoms with Crippen LogP contribution in [0.2, 0.25) is 0 Å². The fourth-order valence-electron chi connectivity index (χ4n) is 1.01. The van der Waals surface area contributed by atoms with Gasteiger partial charge in [-0.05, 0) is 13.8 Å². The lowest BCUT2D eigenvalue weighted by atomic mass is 10.4. The molecule has 0 aliphatic carbocycles. The molecule has 0 aromatic heterocycles. The van der Waals surface area contributed by atoms with Gasteiger partial charge in [0.1, 0.15) is 12.7 Å². The van der Waals surface area contributed by atoms with Crippen LogP contribution in [-0.2, 0) is 19.3 Å². The topological polar surface area (TPSA) is 64.7 Å². The molecule has 0 unspecified atom stereocenters. The zero-order valence-electron chi connectivity index (χ0n) is 7.03. The van der Waals surface area contributed by atoms with Crippen molar-refractivity contribution in [2.45, 2.75) is 25.7 Å². The van der Waals surface area contributed by atoms with Gasteiger partial charge in [-0.2, -0.15) is 9.90 Å². The summed E-state index contributed by atoms with van der Waals surface area (Å²) >= 11 is 0. The standard InChI is InChI=1S/C7H11O5/c1-7(2)11-4-5(12-7)3-10-6(8)9/h5H,3-4H2,1-2H3/t5-/m1/s1. The van der Waals surface area contributed by atoms with Crippen molar-refractivity contribution in [3.63, 3.8) is 0 Å². The third-order valence-corrected chi connectivity index (χ3v) is 1.45. The lowest BCUT2D eigenvalue weighted by molar-refractivity contribution is -0.143. The Hall–Kier alpha value is -0.810. The molecular weight excluding hydrogens is 164 g/mol. The van der Waals surface area contributed by atoms with E-state index in [1.165, 1.54) is 0 Å². The SMILES string of the molecule is CC1(C)OC[C@@H](COC([O])=O)O1. The number of carbonyl (C=O) groups excluding carboxylic acids is 1. The molecule has 0 bridgehead atoms. The summed E-state index contributed by atoms with van der Waals surface area (Å²) in [7, 11) is 0. The van der Waals surface area contributed by atoms with Crippen molar-refractivity contribution in [3.05, 3.63) is 0 Å². The summed E-state index contributed by atoms with van der Waals surface area (Å²) in [6.07, 6.45) is -1.86. The third kappa shape index (κ3) is 2.67. The van der Waals surface area contributed by atoms with Crippen molar-refractivity contribution in [1.82, 2.24) is 0 Å². The summed E-state index contributed by atoms with van der Waals surface area (Å²) in [6, 6.07) is 0. The summed E-state index contributed by atoms with van der Waals surface area (Å²) in [6.45, 7) is 3.82. The van der Waals surface area contributed by atoms with Crippen LogP contribution >= 0.6 is 0 Å². The van der Waals surface area contributed by atoms with Crippen molar-refractivity contribution < 1.29 is 24.1 Å². The van der Waals surface area contributed by atoms with Gasteiger partial charge in [0.15, 0.2) is 5.79 Å². The van der Waals surface area contributed by atoms with E-state index >= 15 is 0 Å². The molecule has 0 aromatic rings. The number of carbonyl (C=O) groups is 1. The van der Waals surface area contributed by atoms with Gasteiger partial charge in [-0.3, -0.25) is 0 Å². The van der Waals surface area contributed by atoms with Gasteiger partial charge in [0.25, 0.3) is 0 Å². The number of hydrogen-bond donors (Lipinski definition) is 0. The zero-order chi connectivity index (χ0) is 9.19. The highest BCUT2D eigenvalue weighted by Crippen LogP contribution is 2.22. The molecule has 1 heterocycles. The Bertz CT molecular complexity index is 177. The van der Waals surface area contributed by atoms with Crippen LogP contribution < -0.4 is 0 Å². The highest BCUT2D eigenvalue weighted by Gasteiger charge is 2.33. The Balaban J connectivity index is 2.24. The molecule has 0 aromatic carbocycles. The van der Waals surface area contributed by atoms with Crippen LogP contribution in [0.15, 0.2) is 0 Å². The molecular formula is C7H11O5. The molecule has 0 saturated carbocycles. The average Bonchev–Trinajstić information content (AvgIpc) is 2.26. The lowest BCUT2D eigenvalue weighted by Crippen LogP contribution is -2.24. The van der Waals surface area contributed by atoms with Crippen LogP contribution in [0.1, 0.15) is 13.8 Å². The molecule has 1 rings (SSSR count). The van der Waals surface area contributed by atoms with E-state index in [0.717, 1.165) is 0 Å². The summed E-state index contributed by atoms with van der Waals surface area (Å²) in [5.41, 5.74) is 0. The second kappa shape index (κ2) is 3.28. The molecule has 0 spiro atoms. The highest BCUT2D eigenvalue weighted by atomic mass is 16.8. The van der Waals surface area contributed by atoms with E-state index in [1.807, 2.05) is 0 Å². The van der Waals surface area contributed by atoms with Crippen LogP contribution in [-0.4, -0.2) is 31.3 Å². The molecule has 1 saturated heterocycles. The van der Waals surface area contributed by atoms with Crippen LogP contribution in [0.5, 0.6) is 0 Å². The minimum absolute atomic E-state index is 0.0359. The molecule has 0 N–H and O–H groups in total. The van der Waals surface area contributed by atoms with Crippen molar-refractivity contribution in [3.8, 4) is 0 Å². The van der Waals surface area contributed by atoms with Crippen molar-refractivity contribution in [1.29, 1.82) is 0 Å². The second-order valence-corrected chi connectivity index (χ2v) is 3.01. The number of ether oxygens (including phenoxy) is 3. The van der Waals surface area contributed by atoms with Gasteiger partial charge in [-0.1, -0.05) is 0 Å². The molecule has 1 aliphatic rings. The highest BCUT2D eigenvalue weighted by molar-refractivity contribution is 5.56. The Morgan fingerprint density at radius 2 is 2.33 bits per heavy atom. The van der Waals surface area contributed by atoms with Crippen LogP contribution in [0.25, 0.3) is 0 Å². The lowest BCUT2D eigenvalue weighted by Gasteiger charge is -2.16. The first-order valence-corrected chi connectivity index (χ1v) is 3.65. The van der Waals surface area contributed by atoms with Crippen LogP contribution in [0.4, 0.5) is 4.79 Å². The maximum Gasteiger partial charge on any atom is 0.550 e. The van der Waals surface area contributed by atoms with Crippen LogP contribution in [0.3, 0.4) is 0 Å². The first-order valence-electron chi connectivity index (χ1n) is 3.65. The smallest absolute Gasteiger partial charge is 0.429 e. The van der Waals surface area contributed by atoms with Gasteiger partial charge in [0, 0.05) is 0 Å². The first-order chi connectivity index (χ1) is 5.49. The van der Waals surface area contributed by atoms with Crippen LogP contribution in [0, 0.1) is 0 Å². The predicted molar refractivity (Wildman–Crippen MR) is 36.9 cm³/mol. The molecule has 5 nitrogen and oxygen atoms in total. The van der Waals surface area contributed by atoms with E-state index < -0.39 is 11.9 Å². The Labute approximate surface area is 70.2 Å². The predicted octanol–water partition coefficient (Wildman–Crippen LogP) is 0.705. The average molecular weight is 175 g/mol. The molecule has 1 radical (unpaired) electrons. The maximum absolute atomic E-state index is 9.89. The summed E-state index contributed by atoms with van der Waals surface area (Å²) in [5, 5.41) is 9.89. The van der Waals surface area contributed by atoms with E-state index in [0.29, 0.717) is 6.61 Å². The monoisotopic (exact) mass is 175 g/mol. The maximum atomic E-state index is 9.89. The number of rotatable bonds is 2. The Morgan fingerprint density at radius 3 is 2.75 bits per heavy atom. The summed E-state index contributed by atoms with van der Waals surface area (Å²) < 4.78 is 14.7. The summed E-state index contributed by atoms with van der Waals surface area (Å²) in [5.74, 6) is -0.639. The molecule has 0 amide bonds. The van der Waals surface area contributed by atoms with E-state index in [-0.39, 0.29) is 12.7 Å². The van der Waals surface area contributed by atoms with Gasteiger partial charge in [-0.15, -0.1) is 0 Å². The molecule has 1 aliphatic heterocycles. The van der Waals surface area contributed by atoms with Gasteiger partial charge in [0.05, 0.1) is 6.61 Å². The molecule has 1 fully saturated rings. The third-order valence-electron chi connectivity index (χ3n) is 1.45. The first kappa shape index (κ1) is 9.28. The van der Waals surface area contributed by atoms with Crippen molar-refractivity contribution >= 4 is 6.16 Å². The minimum Gasteiger partial charge on any atom is -0.429 e. The fraction of sp³-hybridized carbons (Fsp3) is 0.857. The molecule has 69 valence electrons. The zero-order valence-corrected chi connectivity index (χ0v) is 7.03. The quantitative estimate of drug-likeness (QED) is 0.579. The number of hydrogen-bond acceptors (Lipinski definition) is 4. The van der Waals surface area contributed by atoms with E-state index in [1.54, 1.807) is 13.8 Å². The van der Waals surface area contributed by atoms with E-state index in [4.69, 9.17) is 9.47 Å². The van der Waals surface area contributed by atoms with Gasteiger partial charge >= 0.3 is 6.16 Å². The molecule has 1 atom stereocenters. The summed E-state index contributed by atoms with van der Waals surface area (Å²) in [4.78, 5) is 9.89. The normalized spacial score (nSPS) is 27.0. The Morgan fingerprint density at radius 1 is 1.67 bits per heavy atom. The second-order valence-electron chi connectivity index (χ2n) is 3.01. The van der Waals surface area contributed by atoms with Gasteiger partial charge < -0.3 is 14.2 Å². The largest absolute Gasteiger partial charge is 0.550 e. The van der Waals surface area contributed by atoms with Gasteiger partial charge in [-0.25, -0.2) is 0 Å². The van der Waals surface area contributed by atoms with Gasteiger partial charge in [0.2, 0.25) is 0 Å². The fourth-order valence-corrected chi connectivity index (χ4v) is 1.01. The molecule has 5 heteroatoms. The minimum atomic E-state index is -1.54.